The molecular formula is C23H26N4O3S2. The Balaban J connectivity index is 1.34. The molecule has 0 radical (unpaired) electrons. The maximum Gasteiger partial charge on any atom is 0.233 e. The number of carbonyl (C=O) groups excluding carboxylic acids is 1. The van der Waals surface area contributed by atoms with Crippen molar-refractivity contribution < 1.29 is 14.3 Å². The van der Waals surface area contributed by atoms with E-state index in [2.05, 4.69) is 41.5 Å². The molecule has 4 rings (SSSR count). The van der Waals surface area contributed by atoms with E-state index in [-0.39, 0.29) is 5.91 Å². The van der Waals surface area contributed by atoms with E-state index in [0.717, 1.165) is 32.9 Å². The molecular weight excluding hydrogens is 444 g/mol. The van der Waals surface area contributed by atoms with Crippen LogP contribution in [0, 0.1) is 13.8 Å². The Morgan fingerprint density at radius 3 is 2.56 bits per heavy atom. The molecule has 1 N–H and O–H groups in total. The second kappa shape index (κ2) is 9.79. The normalized spacial score (nSPS) is 12.9. The van der Waals surface area contributed by atoms with Crippen LogP contribution >= 0.6 is 23.1 Å². The molecule has 3 aromatic rings. The highest BCUT2D eigenvalue weighted by atomic mass is 32.2. The smallest absolute Gasteiger partial charge is 0.233 e. The first-order valence-electron chi connectivity index (χ1n) is 10.3. The third-order valence-corrected chi connectivity index (χ3v) is 7.51. The van der Waals surface area contributed by atoms with Gasteiger partial charge in [0, 0.05) is 18.8 Å². The van der Waals surface area contributed by atoms with Crippen LogP contribution < -0.4 is 14.8 Å². The molecule has 0 aliphatic carbocycles. The first-order valence-corrected chi connectivity index (χ1v) is 12.1. The minimum atomic E-state index is 0.0919. The highest BCUT2D eigenvalue weighted by Crippen LogP contribution is 2.34. The van der Waals surface area contributed by atoms with Gasteiger partial charge in [0.2, 0.25) is 11.0 Å². The summed E-state index contributed by atoms with van der Waals surface area (Å²) in [4.78, 5) is 14.7. The molecule has 1 aliphatic heterocycles. The van der Waals surface area contributed by atoms with Gasteiger partial charge >= 0.3 is 0 Å². The quantitative estimate of drug-likeness (QED) is 0.506. The topological polar surface area (TPSA) is 76.6 Å². The fraction of sp³-hybridized carbons (Fsp3) is 0.348. The molecule has 0 saturated heterocycles. The SMILES string of the molecule is COc1cc2c(cc1OC)CN(C(=O)CSc1nnc(Nc3ccc(C)c(C)c3)s1)CC2. The standard InChI is InChI=1S/C23H26N4O3S2/c1-14-5-6-18(9-15(14)2)24-22-25-26-23(32-22)31-13-21(28)27-8-7-16-10-19(29-3)20(30-4)11-17(16)12-27/h5-6,9-11H,7-8,12-13H2,1-4H3,(H,24,25). The molecule has 0 atom stereocenters. The van der Waals surface area contributed by atoms with Crippen molar-refractivity contribution in [2.24, 2.45) is 0 Å². The largest absolute Gasteiger partial charge is 0.493 e. The Bertz CT molecular complexity index is 1130. The Morgan fingerprint density at radius 1 is 1.09 bits per heavy atom. The summed E-state index contributed by atoms with van der Waals surface area (Å²) in [6.07, 6.45) is 0.801. The number of nitrogens with zero attached hydrogens (tertiary/aromatic N) is 3. The van der Waals surface area contributed by atoms with Gasteiger partial charge < -0.3 is 19.7 Å². The van der Waals surface area contributed by atoms with Crippen LogP contribution in [-0.2, 0) is 17.8 Å². The minimum absolute atomic E-state index is 0.0919. The van der Waals surface area contributed by atoms with Gasteiger partial charge in [0.15, 0.2) is 15.8 Å². The van der Waals surface area contributed by atoms with E-state index in [0.29, 0.717) is 24.6 Å². The number of fused-ring (bicyclic) bond motifs is 1. The second-order valence-corrected chi connectivity index (χ2v) is 9.83. The zero-order valence-corrected chi connectivity index (χ0v) is 20.2. The van der Waals surface area contributed by atoms with Gasteiger partial charge in [-0.1, -0.05) is 29.2 Å². The Morgan fingerprint density at radius 2 is 1.84 bits per heavy atom. The number of hydrogen-bond acceptors (Lipinski definition) is 8. The number of rotatable bonds is 7. The third-order valence-electron chi connectivity index (χ3n) is 5.55. The molecule has 168 valence electrons. The van der Waals surface area contributed by atoms with Gasteiger partial charge in [0.05, 0.1) is 20.0 Å². The van der Waals surface area contributed by atoms with E-state index in [1.54, 1.807) is 14.2 Å². The molecule has 9 heteroatoms. The van der Waals surface area contributed by atoms with Crippen LogP contribution in [0.4, 0.5) is 10.8 Å². The van der Waals surface area contributed by atoms with Crippen molar-refractivity contribution in [2.75, 3.05) is 31.8 Å². The number of benzene rings is 2. The van der Waals surface area contributed by atoms with Crippen molar-refractivity contribution in [3.8, 4) is 11.5 Å². The van der Waals surface area contributed by atoms with Gasteiger partial charge in [0.1, 0.15) is 0 Å². The molecule has 0 fully saturated rings. The molecule has 0 saturated carbocycles. The van der Waals surface area contributed by atoms with Crippen LogP contribution in [-0.4, -0.2) is 47.5 Å². The van der Waals surface area contributed by atoms with Crippen LogP contribution in [0.2, 0.25) is 0 Å². The van der Waals surface area contributed by atoms with Crippen molar-refractivity contribution >= 4 is 39.8 Å². The number of aryl methyl sites for hydroxylation is 2. The number of hydrogen-bond donors (Lipinski definition) is 1. The van der Waals surface area contributed by atoms with Gasteiger partial charge in [-0.05, 0) is 66.8 Å². The highest BCUT2D eigenvalue weighted by Gasteiger charge is 2.23. The van der Waals surface area contributed by atoms with Crippen LogP contribution in [0.25, 0.3) is 0 Å². The van der Waals surface area contributed by atoms with Gasteiger partial charge in [-0.3, -0.25) is 4.79 Å². The summed E-state index contributed by atoms with van der Waals surface area (Å²) >= 11 is 2.88. The molecule has 1 amide bonds. The Hall–Kier alpha value is -2.78. The summed E-state index contributed by atoms with van der Waals surface area (Å²) < 4.78 is 11.6. The summed E-state index contributed by atoms with van der Waals surface area (Å²) in [7, 11) is 3.26. The van der Waals surface area contributed by atoms with E-state index < -0.39 is 0 Å². The van der Waals surface area contributed by atoms with E-state index >= 15 is 0 Å². The molecule has 0 bridgehead atoms. The lowest BCUT2D eigenvalue weighted by molar-refractivity contribution is -0.129. The number of nitrogens with one attached hydrogen (secondary N) is 1. The average Bonchev–Trinajstić information content (AvgIpc) is 3.25. The molecule has 32 heavy (non-hydrogen) atoms. The molecule has 2 heterocycles. The molecule has 2 aromatic carbocycles. The Labute approximate surface area is 196 Å². The zero-order valence-electron chi connectivity index (χ0n) is 18.6. The summed E-state index contributed by atoms with van der Waals surface area (Å²) in [6, 6.07) is 10.2. The van der Waals surface area contributed by atoms with Gasteiger partial charge in [0.25, 0.3) is 0 Å². The van der Waals surface area contributed by atoms with Crippen molar-refractivity contribution in [3.63, 3.8) is 0 Å². The number of anilines is 2. The first kappa shape index (κ1) is 22.4. The summed E-state index contributed by atoms with van der Waals surface area (Å²) in [6.45, 7) is 5.44. The van der Waals surface area contributed by atoms with Crippen molar-refractivity contribution in [2.45, 2.75) is 31.2 Å². The monoisotopic (exact) mass is 470 g/mol. The second-order valence-electron chi connectivity index (χ2n) is 7.63. The highest BCUT2D eigenvalue weighted by molar-refractivity contribution is 8.01. The number of amides is 1. The first-order chi connectivity index (χ1) is 15.5. The van der Waals surface area contributed by atoms with Gasteiger partial charge in [-0.15, -0.1) is 10.2 Å². The van der Waals surface area contributed by atoms with E-state index in [4.69, 9.17) is 9.47 Å². The maximum absolute atomic E-state index is 12.8. The molecule has 0 spiro atoms. The average molecular weight is 471 g/mol. The predicted octanol–water partition coefficient (Wildman–Crippen LogP) is 4.59. The number of carbonyl (C=O) groups is 1. The molecule has 7 nitrogen and oxygen atoms in total. The van der Waals surface area contributed by atoms with Crippen LogP contribution in [0.1, 0.15) is 22.3 Å². The summed E-state index contributed by atoms with van der Waals surface area (Å²) in [5.41, 5.74) is 5.75. The van der Waals surface area contributed by atoms with Crippen molar-refractivity contribution in [1.82, 2.24) is 15.1 Å². The molecule has 0 unspecified atom stereocenters. The summed E-state index contributed by atoms with van der Waals surface area (Å²) in [5, 5.41) is 12.4. The number of aromatic nitrogens is 2. The van der Waals surface area contributed by atoms with E-state index in [9.17, 15) is 4.79 Å². The summed E-state index contributed by atoms with van der Waals surface area (Å²) in [5.74, 6) is 1.84. The van der Waals surface area contributed by atoms with Crippen LogP contribution in [0.5, 0.6) is 11.5 Å². The molecule has 1 aliphatic rings. The fourth-order valence-corrected chi connectivity index (χ4v) is 5.25. The third kappa shape index (κ3) is 4.99. The number of ether oxygens (including phenoxy) is 2. The number of methoxy groups -OCH3 is 2. The fourth-order valence-electron chi connectivity index (χ4n) is 3.57. The van der Waals surface area contributed by atoms with Gasteiger partial charge in [-0.2, -0.15) is 0 Å². The van der Waals surface area contributed by atoms with Crippen LogP contribution in [0.15, 0.2) is 34.7 Å². The lowest BCUT2D eigenvalue weighted by atomic mass is 9.99. The van der Waals surface area contributed by atoms with Crippen LogP contribution in [0.3, 0.4) is 0 Å². The lowest BCUT2D eigenvalue weighted by Gasteiger charge is -2.29. The van der Waals surface area contributed by atoms with E-state index in [1.165, 1.54) is 39.8 Å². The van der Waals surface area contributed by atoms with Crippen molar-refractivity contribution in [1.29, 1.82) is 0 Å². The minimum Gasteiger partial charge on any atom is -0.493 e. The van der Waals surface area contributed by atoms with Crippen molar-refractivity contribution in [3.05, 3.63) is 52.6 Å². The maximum atomic E-state index is 12.8. The Kier molecular flexibility index (Phi) is 6.86. The number of thioether (sulfide) groups is 1. The zero-order chi connectivity index (χ0) is 22.7. The lowest BCUT2D eigenvalue weighted by Crippen LogP contribution is -2.37. The predicted molar refractivity (Wildman–Crippen MR) is 128 cm³/mol. The van der Waals surface area contributed by atoms with E-state index in [1.807, 2.05) is 23.1 Å². The molecule has 1 aromatic heterocycles. The van der Waals surface area contributed by atoms with Gasteiger partial charge in [-0.25, -0.2) is 0 Å².